The molecule has 2 aliphatic rings. The van der Waals surface area contributed by atoms with Gasteiger partial charge in [-0.2, -0.15) is 0 Å². The first-order valence-corrected chi connectivity index (χ1v) is 11.5. The number of hydrogen-bond acceptors (Lipinski definition) is 5. The van der Waals surface area contributed by atoms with E-state index in [4.69, 9.17) is 9.47 Å². The molecule has 3 amide bonds. The molecule has 1 atom stereocenters. The van der Waals surface area contributed by atoms with Crippen molar-refractivity contribution in [3.8, 4) is 11.5 Å². The van der Waals surface area contributed by atoms with Crippen molar-refractivity contribution in [1.29, 1.82) is 0 Å². The highest BCUT2D eigenvalue weighted by molar-refractivity contribution is 6.07. The number of ether oxygens (including phenoxy) is 2. The highest BCUT2D eigenvalue weighted by atomic mass is 16.5. The minimum atomic E-state index is -0.891. The molecular weight excluding hydrogens is 418 g/mol. The minimum Gasteiger partial charge on any atom is -0.493 e. The van der Waals surface area contributed by atoms with Crippen molar-refractivity contribution < 1.29 is 19.1 Å². The second-order valence-corrected chi connectivity index (χ2v) is 9.15. The van der Waals surface area contributed by atoms with E-state index in [9.17, 15) is 9.59 Å². The molecule has 2 aliphatic heterocycles. The number of carbonyl (C=O) groups excluding carboxylic acids is 2. The van der Waals surface area contributed by atoms with E-state index < -0.39 is 5.54 Å². The molecule has 0 aliphatic carbocycles. The number of likely N-dealkylation sites (tertiary alicyclic amines) is 1. The maximum absolute atomic E-state index is 13.5. The van der Waals surface area contributed by atoms with Crippen LogP contribution in [0.1, 0.15) is 36.5 Å². The highest BCUT2D eigenvalue weighted by Gasteiger charge is 2.52. The second-order valence-electron chi connectivity index (χ2n) is 9.15. The smallest absolute Gasteiger partial charge is 0.325 e. The van der Waals surface area contributed by atoms with E-state index in [1.165, 1.54) is 16.0 Å². The monoisotopic (exact) mass is 451 g/mol. The number of nitrogens with one attached hydrogen (secondary N) is 1. The summed E-state index contributed by atoms with van der Waals surface area (Å²) >= 11 is 0. The van der Waals surface area contributed by atoms with Gasteiger partial charge in [-0.1, -0.05) is 36.4 Å². The molecule has 2 aromatic rings. The van der Waals surface area contributed by atoms with Crippen LogP contribution in [-0.2, 0) is 17.9 Å². The van der Waals surface area contributed by atoms with Crippen molar-refractivity contribution in [3.05, 3.63) is 59.2 Å². The van der Waals surface area contributed by atoms with Crippen LogP contribution in [0.25, 0.3) is 0 Å². The van der Waals surface area contributed by atoms with E-state index >= 15 is 0 Å². The quantitative estimate of drug-likeness (QED) is 0.650. The Kier molecular flexibility index (Phi) is 6.61. The van der Waals surface area contributed by atoms with Crippen LogP contribution in [0.3, 0.4) is 0 Å². The molecule has 0 spiro atoms. The van der Waals surface area contributed by atoms with Crippen LogP contribution in [0.15, 0.2) is 42.5 Å². The summed E-state index contributed by atoms with van der Waals surface area (Å²) in [6, 6.07) is 13.6. The number of carbonyl (C=O) groups is 2. The lowest BCUT2D eigenvalue weighted by atomic mass is 9.78. The lowest BCUT2D eigenvalue weighted by Crippen LogP contribution is -2.53. The van der Waals surface area contributed by atoms with Crippen molar-refractivity contribution in [2.75, 3.05) is 27.3 Å². The Balaban J connectivity index is 1.43. The molecule has 2 heterocycles. The summed E-state index contributed by atoms with van der Waals surface area (Å²) < 4.78 is 10.8. The Labute approximate surface area is 195 Å². The fourth-order valence-electron chi connectivity index (χ4n) is 5.08. The number of piperidine rings is 1. The zero-order chi connectivity index (χ0) is 23.6. The standard InChI is InChI=1S/C26H33N3O4/c1-18-8-5-6-9-19(18)16-28-14-12-21(13-15-28)26(2)24(30)29(25(31)27-26)17-20-10-7-11-22(32-3)23(20)33-4/h5-11,21H,12-17H2,1-4H3,(H,27,31). The van der Waals surface area contributed by atoms with Gasteiger partial charge in [0.2, 0.25) is 0 Å². The molecule has 7 heteroatoms. The number of rotatable bonds is 7. The van der Waals surface area contributed by atoms with E-state index in [0.717, 1.165) is 38.0 Å². The normalized spacial score (nSPS) is 21.9. The van der Waals surface area contributed by atoms with Crippen molar-refractivity contribution in [2.24, 2.45) is 5.92 Å². The summed E-state index contributed by atoms with van der Waals surface area (Å²) in [4.78, 5) is 30.1. The Morgan fingerprint density at radius 1 is 0.970 bits per heavy atom. The van der Waals surface area contributed by atoms with E-state index in [2.05, 4.69) is 41.4 Å². The third-order valence-corrected chi connectivity index (χ3v) is 7.17. The van der Waals surface area contributed by atoms with Gasteiger partial charge in [0.25, 0.3) is 5.91 Å². The minimum absolute atomic E-state index is 0.0966. The topological polar surface area (TPSA) is 71.1 Å². The van der Waals surface area contributed by atoms with E-state index in [1.807, 2.05) is 19.1 Å². The van der Waals surface area contributed by atoms with Crippen LogP contribution in [0.4, 0.5) is 4.79 Å². The second kappa shape index (κ2) is 9.43. The lowest BCUT2D eigenvalue weighted by Gasteiger charge is -2.39. The van der Waals surface area contributed by atoms with Crippen LogP contribution in [0.2, 0.25) is 0 Å². The van der Waals surface area contributed by atoms with Gasteiger partial charge in [-0.15, -0.1) is 0 Å². The molecule has 2 fully saturated rings. The molecule has 0 bridgehead atoms. The lowest BCUT2D eigenvalue weighted by molar-refractivity contribution is -0.133. The zero-order valence-electron chi connectivity index (χ0n) is 19.9. The SMILES string of the molecule is COc1cccc(CN2C(=O)NC(C)(C3CCN(Cc4ccccc4C)CC3)C2=O)c1OC. The highest BCUT2D eigenvalue weighted by Crippen LogP contribution is 2.36. The summed E-state index contributed by atoms with van der Waals surface area (Å²) in [7, 11) is 3.12. The number of amides is 3. The summed E-state index contributed by atoms with van der Waals surface area (Å²) in [6.07, 6.45) is 1.73. The van der Waals surface area contributed by atoms with Crippen molar-refractivity contribution in [1.82, 2.24) is 15.1 Å². The largest absolute Gasteiger partial charge is 0.493 e. The molecule has 2 saturated heterocycles. The first-order valence-electron chi connectivity index (χ1n) is 11.5. The number of hydrogen-bond donors (Lipinski definition) is 1. The first kappa shape index (κ1) is 23.1. The van der Waals surface area contributed by atoms with Crippen molar-refractivity contribution in [2.45, 2.75) is 45.3 Å². The molecule has 1 unspecified atom stereocenters. The molecule has 0 aromatic heterocycles. The van der Waals surface area contributed by atoms with Gasteiger partial charge in [0.15, 0.2) is 11.5 Å². The van der Waals surface area contributed by atoms with Crippen LogP contribution < -0.4 is 14.8 Å². The fourth-order valence-corrected chi connectivity index (χ4v) is 5.08. The average molecular weight is 452 g/mol. The average Bonchev–Trinajstić information content (AvgIpc) is 3.04. The van der Waals surface area contributed by atoms with E-state index in [1.54, 1.807) is 20.3 Å². The summed E-state index contributed by atoms with van der Waals surface area (Å²) in [5.74, 6) is 1.04. The number of nitrogens with zero attached hydrogens (tertiary/aromatic N) is 2. The Morgan fingerprint density at radius 2 is 1.67 bits per heavy atom. The van der Waals surface area contributed by atoms with Gasteiger partial charge in [0, 0.05) is 12.1 Å². The Bertz CT molecular complexity index is 1030. The Morgan fingerprint density at radius 3 is 2.33 bits per heavy atom. The van der Waals surface area contributed by atoms with Gasteiger partial charge in [-0.3, -0.25) is 14.6 Å². The summed E-state index contributed by atoms with van der Waals surface area (Å²) in [6.45, 7) is 6.88. The predicted octanol–water partition coefficient (Wildman–Crippen LogP) is 3.73. The van der Waals surface area contributed by atoms with Crippen LogP contribution in [0, 0.1) is 12.8 Å². The van der Waals surface area contributed by atoms with E-state index in [-0.39, 0.29) is 24.4 Å². The van der Waals surface area contributed by atoms with Crippen LogP contribution in [0.5, 0.6) is 11.5 Å². The molecule has 1 N–H and O–H groups in total. The number of methoxy groups -OCH3 is 2. The number of benzene rings is 2. The van der Waals surface area contributed by atoms with Gasteiger partial charge in [0.1, 0.15) is 5.54 Å². The number of urea groups is 1. The molecule has 4 rings (SSSR count). The van der Waals surface area contributed by atoms with E-state index in [0.29, 0.717) is 11.5 Å². The summed E-state index contributed by atoms with van der Waals surface area (Å²) in [5, 5.41) is 3.01. The third-order valence-electron chi connectivity index (χ3n) is 7.17. The van der Waals surface area contributed by atoms with Crippen LogP contribution >= 0.6 is 0 Å². The molecule has 0 saturated carbocycles. The molecule has 0 radical (unpaired) electrons. The first-order chi connectivity index (χ1) is 15.9. The predicted molar refractivity (Wildman–Crippen MR) is 126 cm³/mol. The molecule has 2 aromatic carbocycles. The molecule has 33 heavy (non-hydrogen) atoms. The number of imide groups is 1. The summed E-state index contributed by atoms with van der Waals surface area (Å²) in [5.41, 5.74) is 2.48. The van der Waals surface area contributed by atoms with Crippen molar-refractivity contribution in [3.63, 3.8) is 0 Å². The van der Waals surface area contributed by atoms with Crippen molar-refractivity contribution >= 4 is 11.9 Å². The maximum Gasteiger partial charge on any atom is 0.325 e. The fraction of sp³-hybridized carbons (Fsp3) is 0.462. The maximum atomic E-state index is 13.5. The molecular formula is C26H33N3O4. The van der Waals surface area contributed by atoms with Gasteiger partial charge in [-0.25, -0.2) is 4.79 Å². The van der Waals surface area contributed by atoms with Gasteiger partial charge in [0.05, 0.1) is 20.8 Å². The number of aryl methyl sites for hydroxylation is 1. The van der Waals surface area contributed by atoms with Gasteiger partial charge in [-0.05, 0) is 62.9 Å². The number of para-hydroxylation sites is 1. The van der Waals surface area contributed by atoms with Gasteiger partial charge >= 0.3 is 6.03 Å². The third kappa shape index (κ3) is 4.42. The molecule has 176 valence electrons. The zero-order valence-corrected chi connectivity index (χ0v) is 19.9. The van der Waals surface area contributed by atoms with Gasteiger partial charge < -0.3 is 14.8 Å². The van der Waals surface area contributed by atoms with Crippen LogP contribution in [-0.4, -0.2) is 54.6 Å². The molecule has 7 nitrogen and oxygen atoms in total. The Hall–Kier alpha value is -3.06.